The first-order valence-corrected chi connectivity index (χ1v) is 6.48. The van der Waals surface area contributed by atoms with Gasteiger partial charge in [0.05, 0.1) is 0 Å². The molecule has 0 saturated heterocycles. The molecule has 1 aromatic carbocycles. The molecule has 2 nitrogen and oxygen atoms in total. The minimum Gasteiger partial charge on any atom is -0.313 e. The largest absolute Gasteiger partial charge is 0.313 e. The van der Waals surface area contributed by atoms with Crippen LogP contribution in [-0.4, -0.2) is 31.6 Å². The Hall–Kier alpha value is -0.860. The molecule has 1 N–H and O–H groups in total. The molecule has 0 amide bonds. The molecule has 0 bridgehead atoms. The smallest absolute Gasteiger partial charge is 0.0329 e. The van der Waals surface area contributed by atoms with Crippen molar-refractivity contribution in [2.45, 2.75) is 39.3 Å². The molecule has 96 valence electrons. The predicted octanol–water partition coefficient (Wildman–Crippen LogP) is 2.99. The Labute approximate surface area is 106 Å². The van der Waals surface area contributed by atoms with Crippen LogP contribution in [0.25, 0.3) is 0 Å². The highest BCUT2D eigenvalue weighted by atomic mass is 15.1. The first-order chi connectivity index (χ1) is 8.04. The van der Waals surface area contributed by atoms with E-state index in [4.69, 9.17) is 0 Å². The second kappa shape index (κ2) is 6.77. The van der Waals surface area contributed by atoms with Crippen molar-refractivity contribution in [1.82, 2.24) is 10.2 Å². The van der Waals surface area contributed by atoms with E-state index in [1.165, 1.54) is 11.1 Å². The van der Waals surface area contributed by atoms with E-state index in [1.807, 2.05) is 7.05 Å². The standard InChI is InChI=1S/C15H26N2/c1-12(2)17(5)10-9-15(16-4)14-8-6-7-13(3)11-14/h6-8,11-12,15-16H,9-10H2,1-5H3. The van der Waals surface area contributed by atoms with Crippen LogP contribution in [0.15, 0.2) is 24.3 Å². The summed E-state index contributed by atoms with van der Waals surface area (Å²) in [5.74, 6) is 0. The van der Waals surface area contributed by atoms with Crippen LogP contribution < -0.4 is 5.32 Å². The van der Waals surface area contributed by atoms with E-state index < -0.39 is 0 Å². The van der Waals surface area contributed by atoms with Gasteiger partial charge in [0.1, 0.15) is 0 Å². The van der Waals surface area contributed by atoms with Crippen molar-refractivity contribution in [3.05, 3.63) is 35.4 Å². The lowest BCUT2D eigenvalue weighted by molar-refractivity contribution is 0.258. The van der Waals surface area contributed by atoms with E-state index in [0.717, 1.165) is 13.0 Å². The highest BCUT2D eigenvalue weighted by Crippen LogP contribution is 2.18. The topological polar surface area (TPSA) is 15.3 Å². The highest BCUT2D eigenvalue weighted by Gasteiger charge is 2.11. The zero-order valence-corrected chi connectivity index (χ0v) is 11.8. The van der Waals surface area contributed by atoms with Gasteiger partial charge < -0.3 is 10.2 Å². The summed E-state index contributed by atoms with van der Waals surface area (Å²) in [5, 5.41) is 3.41. The molecule has 1 unspecified atom stereocenters. The Morgan fingerprint density at radius 1 is 1.29 bits per heavy atom. The number of nitrogens with one attached hydrogen (secondary N) is 1. The fraction of sp³-hybridized carbons (Fsp3) is 0.600. The minimum atomic E-state index is 0.455. The van der Waals surface area contributed by atoms with Crippen molar-refractivity contribution >= 4 is 0 Å². The number of nitrogens with zero attached hydrogens (tertiary/aromatic N) is 1. The van der Waals surface area contributed by atoms with Gasteiger partial charge in [-0.3, -0.25) is 0 Å². The second-order valence-electron chi connectivity index (χ2n) is 5.12. The van der Waals surface area contributed by atoms with Gasteiger partial charge in [-0.15, -0.1) is 0 Å². The number of benzene rings is 1. The maximum atomic E-state index is 3.41. The summed E-state index contributed by atoms with van der Waals surface area (Å²) in [7, 11) is 4.23. The van der Waals surface area contributed by atoms with Gasteiger partial charge in [-0.25, -0.2) is 0 Å². The zero-order chi connectivity index (χ0) is 12.8. The van der Waals surface area contributed by atoms with Gasteiger partial charge in [-0.2, -0.15) is 0 Å². The summed E-state index contributed by atoms with van der Waals surface area (Å²) < 4.78 is 0. The first-order valence-electron chi connectivity index (χ1n) is 6.48. The summed E-state index contributed by atoms with van der Waals surface area (Å²) in [6.07, 6.45) is 1.15. The van der Waals surface area contributed by atoms with Gasteiger partial charge in [0.25, 0.3) is 0 Å². The van der Waals surface area contributed by atoms with Gasteiger partial charge in [-0.1, -0.05) is 29.8 Å². The van der Waals surface area contributed by atoms with Crippen molar-refractivity contribution < 1.29 is 0 Å². The van der Waals surface area contributed by atoms with Crippen LogP contribution in [0, 0.1) is 6.92 Å². The van der Waals surface area contributed by atoms with Crippen LogP contribution in [0.1, 0.15) is 37.4 Å². The Kier molecular flexibility index (Phi) is 5.66. The van der Waals surface area contributed by atoms with Gasteiger partial charge in [0.15, 0.2) is 0 Å². The Bertz CT molecular complexity index is 333. The van der Waals surface area contributed by atoms with Crippen molar-refractivity contribution in [3.8, 4) is 0 Å². The van der Waals surface area contributed by atoms with Crippen LogP contribution in [-0.2, 0) is 0 Å². The SMILES string of the molecule is CNC(CCN(C)C(C)C)c1cccc(C)c1. The average molecular weight is 234 g/mol. The third kappa shape index (κ3) is 4.49. The lowest BCUT2D eigenvalue weighted by atomic mass is 10.0. The van der Waals surface area contributed by atoms with Crippen molar-refractivity contribution in [2.24, 2.45) is 0 Å². The van der Waals surface area contributed by atoms with Crippen LogP contribution >= 0.6 is 0 Å². The van der Waals surface area contributed by atoms with Gasteiger partial charge >= 0.3 is 0 Å². The van der Waals surface area contributed by atoms with E-state index in [9.17, 15) is 0 Å². The molecular weight excluding hydrogens is 208 g/mol. The number of hydrogen-bond donors (Lipinski definition) is 1. The number of hydrogen-bond acceptors (Lipinski definition) is 2. The van der Waals surface area contributed by atoms with Crippen LogP contribution in [0.4, 0.5) is 0 Å². The van der Waals surface area contributed by atoms with E-state index in [-0.39, 0.29) is 0 Å². The summed E-state index contributed by atoms with van der Waals surface area (Å²) in [4.78, 5) is 2.39. The van der Waals surface area contributed by atoms with Gasteiger partial charge in [0, 0.05) is 12.1 Å². The Morgan fingerprint density at radius 3 is 2.53 bits per heavy atom. The molecule has 17 heavy (non-hydrogen) atoms. The van der Waals surface area contributed by atoms with Crippen LogP contribution in [0.2, 0.25) is 0 Å². The van der Waals surface area contributed by atoms with Gasteiger partial charge in [0.2, 0.25) is 0 Å². The fourth-order valence-corrected chi connectivity index (χ4v) is 1.96. The summed E-state index contributed by atoms with van der Waals surface area (Å²) in [6.45, 7) is 7.75. The molecule has 0 aliphatic heterocycles. The summed E-state index contributed by atoms with van der Waals surface area (Å²) in [6, 6.07) is 9.85. The monoisotopic (exact) mass is 234 g/mol. The van der Waals surface area contributed by atoms with E-state index in [2.05, 4.69) is 62.3 Å². The number of rotatable bonds is 6. The summed E-state index contributed by atoms with van der Waals surface area (Å²) >= 11 is 0. The average Bonchev–Trinajstić information content (AvgIpc) is 2.29. The molecule has 0 heterocycles. The lowest BCUT2D eigenvalue weighted by Gasteiger charge is -2.24. The normalized spacial score (nSPS) is 13.4. The summed E-state index contributed by atoms with van der Waals surface area (Å²) in [5.41, 5.74) is 2.73. The molecule has 0 spiro atoms. The van der Waals surface area contributed by atoms with E-state index >= 15 is 0 Å². The first kappa shape index (κ1) is 14.2. The Morgan fingerprint density at radius 2 is 2.00 bits per heavy atom. The van der Waals surface area contributed by atoms with E-state index in [1.54, 1.807) is 0 Å². The quantitative estimate of drug-likeness (QED) is 0.814. The molecule has 1 aromatic rings. The molecule has 1 rings (SSSR count). The maximum absolute atomic E-state index is 3.41. The predicted molar refractivity (Wildman–Crippen MR) is 75.4 cm³/mol. The third-order valence-electron chi connectivity index (χ3n) is 3.44. The molecule has 0 fully saturated rings. The van der Waals surface area contributed by atoms with Gasteiger partial charge in [-0.05, 0) is 53.4 Å². The van der Waals surface area contributed by atoms with Crippen molar-refractivity contribution in [3.63, 3.8) is 0 Å². The number of aryl methyl sites for hydroxylation is 1. The molecule has 0 aliphatic carbocycles. The minimum absolute atomic E-state index is 0.455. The van der Waals surface area contributed by atoms with Crippen LogP contribution in [0.3, 0.4) is 0 Å². The molecule has 0 aliphatic rings. The molecule has 1 atom stereocenters. The van der Waals surface area contributed by atoms with Crippen molar-refractivity contribution in [1.29, 1.82) is 0 Å². The maximum Gasteiger partial charge on any atom is 0.0329 e. The molecule has 2 heteroatoms. The second-order valence-corrected chi connectivity index (χ2v) is 5.12. The van der Waals surface area contributed by atoms with E-state index in [0.29, 0.717) is 12.1 Å². The zero-order valence-electron chi connectivity index (χ0n) is 11.8. The molecule has 0 saturated carbocycles. The fourth-order valence-electron chi connectivity index (χ4n) is 1.96. The highest BCUT2D eigenvalue weighted by molar-refractivity contribution is 5.25. The lowest BCUT2D eigenvalue weighted by Crippen LogP contribution is -2.30. The molecule has 0 aromatic heterocycles. The third-order valence-corrected chi connectivity index (χ3v) is 3.44. The molecule has 0 radical (unpaired) electrons. The Balaban J connectivity index is 2.60. The molecular formula is C15H26N2. The van der Waals surface area contributed by atoms with Crippen molar-refractivity contribution in [2.75, 3.05) is 20.6 Å². The van der Waals surface area contributed by atoms with Crippen LogP contribution in [0.5, 0.6) is 0 Å².